The molecule has 2 heterocycles. The summed E-state index contributed by atoms with van der Waals surface area (Å²) in [4.78, 5) is 27.7. The number of ether oxygens (including phenoxy) is 2. The Morgan fingerprint density at radius 3 is 2.75 bits per heavy atom. The van der Waals surface area contributed by atoms with Crippen LogP contribution < -0.4 is 15.4 Å². The summed E-state index contributed by atoms with van der Waals surface area (Å²) in [6.07, 6.45) is 2.19. The van der Waals surface area contributed by atoms with Gasteiger partial charge >= 0.3 is 6.03 Å². The molecule has 0 radical (unpaired) electrons. The van der Waals surface area contributed by atoms with Gasteiger partial charge < -0.3 is 14.8 Å². The van der Waals surface area contributed by atoms with Crippen LogP contribution in [0.1, 0.15) is 17.7 Å². The highest BCUT2D eigenvalue weighted by Gasteiger charge is 2.22. The lowest BCUT2D eigenvalue weighted by Gasteiger charge is -2.24. The molecule has 8 heteroatoms. The Morgan fingerprint density at radius 1 is 1.29 bits per heavy atom. The Bertz CT molecular complexity index is 758. The minimum Gasteiger partial charge on any atom is -0.497 e. The summed E-state index contributed by atoms with van der Waals surface area (Å²) in [5, 5.41) is 7.06. The Hall–Kier alpha value is -2.42. The highest BCUT2D eigenvalue weighted by molar-refractivity contribution is 7.09. The lowest BCUT2D eigenvalue weighted by atomic mass is 10.2. The summed E-state index contributed by atoms with van der Waals surface area (Å²) >= 11 is 1.65. The van der Waals surface area contributed by atoms with Gasteiger partial charge in [-0.05, 0) is 48.6 Å². The molecule has 0 saturated carbocycles. The summed E-state index contributed by atoms with van der Waals surface area (Å²) in [6.45, 7) is 2.23. The molecule has 1 aromatic heterocycles. The maximum absolute atomic E-state index is 12.4. The van der Waals surface area contributed by atoms with Gasteiger partial charge in [-0.3, -0.25) is 15.0 Å². The van der Waals surface area contributed by atoms with E-state index in [1.165, 1.54) is 4.88 Å². The molecule has 2 N–H and O–H groups in total. The first kappa shape index (κ1) is 20.3. The molecule has 1 aliphatic rings. The van der Waals surface area contributed by atoms with E-state index in [4.69, 9.17) is 9.47 Å². The lowest BCUT2D eigenvalue weighted by molar-refractivity contribution is -0.121. The molecule has 150 valence electrons. The fourth-order valence-corrected chi connectivity index (χ4v) is 3.84. The summed E-state index contributed by atoms with van der Waals surface area (Å²) in [5.74, 6) is 0.348. The number of thiophene rings is 1. The molecule has 1 saturated heterocycles. The fraction of sp³-hybridized carbons (Fsp3) is 0.400. The largest absolute Gasteiger partial charge is 0.497 e. The first-order valence-electron chi connectivity index (χ1n) is 9.23. The van der Waals surface area contributed by atoms with Crippen LogP contribution in [0.3, 0.4) is 0 Å². The number of methoxy groups -OCH3 is 1. The summed E-state index contributed by atoms with van der Waals surface area (Å²) in [7, 11) is 1.58. The zero-order chi connectivity index (χ0) is 19.8. The van der Waals surface area contributed by atoms with Crippen molar-refractivity contribution < 1.29 is 19.1 Å². The zero-order valence-corrected chi connectivity index (χ0v) is 16.7. The van der Waals surface area contributed by atoms with Gasteiger partial charge in [0.2, 0.25) is 5.91 Å². The van der Waals surface area contributed by atoms with E-state index < -0.39 is 6.03 Å². The summed E-state index contributed by atoms with van der Waals surface area (Å²) in [6, 6.07) is 10.4. The van der Waals surface area contributed by atoms with E-state index in [2.05, 4.69) is 10.6 Å². The third-order valence-corrected chi connectivity index (χ3v) is 5.27. The van der Waals surface area contributed by atoms with Crippen molar-refractivity contribution in [3.05, 3.63) is 46.7 Å². The molecule has 1 aliphatic heterocycles. The number of imide groups is 1. The Kier molecular flexibility index (Phi) is 7.41. The van der Waals surface area contributed by atoms with Crippen molar-refractivity contribution in [1.29, 1.82) is 0 Å². The van der Waals surface area contributed by atoms with Crippen molar-refractivity contribution in [3.63, 3.8) is 0 Å². The predicted octanol–water partition coefficient (Wildman–Crippen LogP) is 3.09. The quantitative estimate of drug-likeness (QED) is 0.708. The monoisotopic (exact) mass is 403 g/mol. The van der Waals surface area contributed by atoms with Gasteiger partial charge in [-0.2, -0.15) is 0 Å². The van der Waals surface area contributed by atoms with Gasteiger partial charge in [-0.1, -0.05) is 6.07 Å². The molecule has 0 bridgehead atoms. The van der Waals surface area contributed by atoms with E-state index in [9.17, 15) is 9.59 Å². The van der Waals surface area contributed by atoms with Crippen LogP contribution in [-0.2, 0) is 16.1 Å². The second-order valence-electron chi connectivity index (χ2n) is 6.61. The number of carbonyl (C=O) groups is 2. The molecule has 1 aromatic carbocycles. The number of hydrogen-bond acceptors (Lipinski definition) is 6. The van der Waals surface area contributed by atoms with Crippen molar-refractivity contribution in [2.75, 3.05) is 32.1 Å². The molecule has 3 amide bonds. The third kappa shape index (κ3) is 6.33. The SMILES string of the molecule is COc1ccc(NC(=O)NC(=O)CN(Cc2cccs2)C[C@H]2CCCO2)cc1. The molecule has 3 rings (SSSR count). The van der Waals surface area contributed by atoms with Gasteiger partial charge in [0, 0.05) is 30.3 Å². The van der Waals surface area contributed by atoms with E-state index in [0.717, 1.165) is 19.4 Å². The fourth-order valence-electron chi connectivity index (χ4n) is 3.09. The average Bonchev–Trinajstić information content (AvgIpc) is 3.36. The topological polar surface area (TPSA) is 79.9 Å². The van der Waals surface area contributed by atoms with Crippen LogP contribution in [-0.4, -0.2) is 49.7 Å². The molecular formula is C20H25N3O4S. The van der Waals surface area contributed by atoms with Gasteiger partial charge in [0.15, 0.2) is 0 Å². The minimum atomic E-state index is -0.552. The maximum Gasteiger partial charge on any atom is 0.325 e. The number of benzene rings is 1. The van der Waals surface area contributed by atoms with Crippen molar-refractivity contribution in [3.8, 4) is 5.75 Å². The Morgan fingerprint density at radius 2 is 2.11 bits per heavy atom. The summed E-state index contributed by atoms with van der Waals surface area (Å²) in [5.41, 5.74) is 0.584. The standard InChI is InChI=1S/C20H25N3O4S/c1-26-16-8-6-15(7-9-16)21-20(25)22-19(24)14-23(12-17-4-2-10-27-17)13-18-5-3-11-28-18/h3,5-9,11,17H,2,4,10,12-14H2,1H3,(H2,21,22,24,25)/t17-/m1/s1. The van der Waals surface area contributed by atoms with E-state index in [-0.39, 0.29) is 18.6 Å². The second kappa shape index (κ2) is 10.2. The molecule has 2 aromatic rings. The van der Waals surface area contributed by atoms with Gasteiger partial charge in [0.05, 0.1) is 19.8 Å². The van der Waals surface area contributed by atoms with Gasteiger partial charge in [0.1, 0.15) is 5.75 Å². The Labute approximate surface area is 168 Å². The van der Waals surface area contributed by atoms with Crippen molar-refractivity contribution in [1.82, 2.24) is 10.2 Å². The molecule has 28 heavy (non-hydrogen) atoms. The predicted molar refractivity (Wildman–Crippen MR) is 109 cm³/mol. The normalized spacial score (nSPS) is 16.1. The van der Waals surface area contributed by atoms with E-state index in [0.29, 0.717) is 24.5 Å². The zero-order valence-electron chi connectivity index (χ0n) is 15.8. The number of nitrogens with one attached hydrogen (secondary N) is 2. The molecular weight excluding hydrogens is 378 g/mol. The molecule has 0 spiro atoms. The smallest absolute Gasteiger partial charge is 0.325 e. The first-order valence-corrected chi connectivity index (χ1v) is 10.1. The minimum absolute atomic E-state index is 0.133. The van der Waals surface area contributed by atoms with Gasteiger partial charge in [-0.25, -0.2) is 4.79 Å². The highest BCUT2D eigenvalue weighted by Crippen LogP contribution is 2.17. The number of rotatable bonds is 8. The molecule has 7 nitrogen and oxygen atoms in total. The Balaban J connectivity index is 1.51. The third-order valence-electron chi connectivity index (χ3n) is 4.41. The number of anilines is 1. The van der Waals surface area contributed by atoms with Gasteiger partial charge in [0.25, 0.3) is 0 Å². The molecule has 0 aliphatic carbocycles. The molecule has 1 atom stereocenters. The van der Waals surface area contributed by atoms with Crippen LogP contribution in [0, 0.1) is 0 Å². The van der Waals surface area contributed by atoms with Crippen molar-refractivity contribution in [2.45, 2.75) is 25.5 Å². The van der Waals surface area contributed by atoms with E-state index >= 15 is 0 Å². The van der Waals surface area contributed by atoms with Crippen LogP contribution in [0.15, 0.2) is 41.8 Å². The number of amides is 3. The first-order chi connectivity index (χ1) is 13.6. The van der Waals surface area contributed by atoms with Crippen LogP contribution in [0.25, 0.3) is 0 Å². The number of urea groups is 1. The number of carbonyl (C=O) groups excluding carboxylic acids is 2. The molecule has 0 unspecified atom stereocenters. The van der Waals surface area contributed by atoms with Crippen LogP contribution in [0.5, 0.6) is 5.75 Å². The van der Waals surface area contributed by atoms with Crippen LogP contribution >= 0.6 is 11.3 Å². The van der Waals surface area contributed by atoms with Crippen LogP contribution in [0.2, 0.25) is 0 Å². The van der Waals surface area contributed by atoms with Gasteiger partial charge in [-0.15, -0.1) is 11.3 Å². The lowest BCUT2D eigenvalue weighted by Crippen LogP contribution is -2.43. The van der Waals surface area contributed by atoms with Crippen molar-refractivity contribution in [2.24, 2.45) is 0 Å². The summed E-state index contributed by atoms with van der Waals surface area (Å²) < 4.78 is 10.8. The van der Waals surface area contributed by atoms with Crippen molar-refractivity contribution >= 4 is 29.0 Å². The molecule has 1 fully saturated rings. The van der Waals surface area contributed by atoms with E-state index in [1.54, 1.807) is 42.7 Å². The number of nitrogens with zero attached hydrogens (tertiary/aromatic N) is 1. The highest BCUT2D eigenvalue weighted by atomic mass is 32.1. The maximum atomic E-state index is 12.4. The van der Waals surface area contributed by atoms with E-state index in [1.807, 2.05) is 22.4 Å². The second-order valence-corrected chi connectivity index (χ2v) is 7.65. The van der Waals surface area contributed by atoms with Crippen LogP contribution in [0.4, 0.5) is 10.5 Å². The number of hydrogen-bond donors (Lipinski definition) is 2. The average molecular weight is 404 g/mol.